The second-order valence-electron chi connectivity index (χ2n) is 6.10. The van der Waals surface area contributed by atoms with Gasteiger partial charge in [-0.05, 0) is 48.5 Å². The molecule has 0 fully saturated rings. The minimum Gasteiger partial charge on any atom is -0.280 e. The van der Waals surface area contributed by atoms with Gasteiger partial charge in [0, 0.05) is 11.4 Å². The van der Waals surface area contributed by atoms with Crippen molar-refractivity contribution in [3.63, 3.8) is 0 Å². The van der Waals surface area contributed by atoms with Crippen LogP contribution in [0, 0.1) is 0 Å². The summed E-state index contributed by atoms with van der Waals surface area (Å²) in [5.74, 6) is 0. The van der Waals surface area contributed by atoms with E-state index in [1.807, 2.05) is 4.72 Å². The van der Waals surface area contributed by atoms with E-state index in [1.54, 1.807) is 30.3 Å². The highest BCUT2D eigenvalue weighted by atomic mass is 32.2. The van der Waals surface area contributed by atoms with Gasteiger partial charge in [0.25, 0.3) is 20.0 Å². The van der Waals surface area contributed by atoms with Crippen LogP contribution >= 0.6 is 0 Å². The maximum atomic E-state index is 13.1. The second kappa shape index (κ2) is 8.00. The van der Waals surface area contributed by atoms with Gasteiger partial charge in [-0.15, -0.1) is 0 Å². The zero-order valence-electron chi connectivity index (χ0n) is 15.1. The molecule has 0 heterocycles. The molecule has 0 bridgehead atoms. The molecule has 0 spiro atoms. The average Bonchev–Trinajstić information content (AvgIpc) is 2.68. The number of halogens is 3. The van der Waals surface area contributed by atoms with Gasteiger partial charge < -0.3 is 0 Å². The molecule has 3 rings (SSSR count). The molecule has 0 aliphatic heterocycles. The van der Waals surface area contributed by atoms with Gasteiger partial charge in [0.1, 0.15) is 0 Å². The van der Waals surface area contributed by atoms with E-state index in [0.717, 1.165) is 36.4 Å². The molecule has 30 heavy (non-hydrogen) atoms. The Morgan fingerprint density at radius 3 is 1.70 bits per heavy atom. The minimum atomic E-state index is -4.85. The van der Waals surface area contributed by atoms with Crippen molar-refractivity contribution in [2.45, 2.75) is 16.0 Å². The standard InChI is InChI=1S/C19H15F3N2O4S2/c20-19(21,22)17-8-4-5-9-18(17)30(27,28)24-15-10-12-16(13-11-15)29(25,26)23-14-6-2-1-3-7-14/h1-13,23-24H. The predicted molar refractivity (Wildman–Crippen MR) is 106 cm³/mol. The number of benzene rings is 3. The van der Waals surface area contributed by atoms with Crippen LogP contribution in [0.15, 0.2) is 88.7 Å². The fourth-order valence-corrected chi connectivity index (χ4v) is 4.91. The first-order chi connectivity index (χ1) is 14.0. The molecule has 0 atom stereocenters. The third kappa shape index (κ3) is 4.92. The Bertz CT molecular complexity index is 1240. The van der Waals surface area contributed by atoms with E-state index in [-0.39, 0.29) is 10.6 Å². The van der Waals surface area contributed by atoms with Gasteiger partial charge in [0.2, 0.25) is 0 Å². The zero-order valence-corrected chi connectivity index (χ0v) is 16.7. The van der Waals surface area contributed by atoms with Gasteiger partial charge in [0.15, 0.2) is 0 Å². The van der Waals surface area contributed by atoms with Crippen molar-refractivity contribution in [1.82, 2.24) is 0 Å². The van der Waals surface area contributed by atoms with Gasteiger partial charge in [-0.2, -0.15) is 13.2 Å². The van der Waals surface area contributed by atoms with Crippen LogP contribution in [0.25, 0.3) is 0 Å². The SMILES string of the molecule is O=S(=O)(Nc1ccccc1)c1ccc(NS(=O)(=O)c2ccccc2C(F)(F)F)cc1. The van der Waals surface area contributed by atoms with Crippen molar-refractivity contribution in [1.29, 1.82) is 0 Å². The number of para-hydroxylation sites is 1. The van der Waals surface area contributed by atoms with Gasteiger partial charge in [-0.3, -0.25) is 9.44 Å². The molecule has 0 aliphatic rings. The minimum absolute atomic E-state index is 0.0920. The van der Waals surface area contributed by atoms with Gasteiger partial charge >= 0.3 is 6.18 Å². The van der Waals surface area contributed by atoms with Crippen LogP contribution in [-0.4, -0.2) is 16.8 Å². The Hall–Kier alpha value is -3.05. The van der Waals surface area contributed by atoms with Gasteiger partial charge in [0.05, 0.1) is 15.4 Å². The molecular weight excluding hydrogens is 441 g/mol. The molecule has 3 aromatic rings. The van der Waals surface area contributed by atoms with Gasteiger partial charge in [-0.25, -0.2) is 16.8 Å². The van der Waals surface area contributed by atoms with Crippen LogP contribution in [0.5, 0.6) is 0 Å². The fourth-order valence-electron chi connectivity index (χ4n) is 2.57. The van der Waals surface area contributed by atoms with Crippen molar-refractivity contribution in [2.75, 3.05) is 9.44 Å². The summed E-state index contributed by atoms with van der Waals surface area (Å²) in [4.78, 5) is -1.08. The molecule has 11 heteroatoms. The zero-order chi connectivity index (χ0) is 22.0. The normalized spacial score (nSPS) is 12.4. The molecule has 2 N–H and O–H groups in total. The Morgan fingerprint density at radius 2 is 1.10 bits per heavy atom. The van der Waals surface area contributed by atoms with E-state index in [1.165, 1.54) is 6.07 Å². The van der Waals surface area contributed by atoms with Crippen LogP contribution in [0.3, 0.4) is 0 Å². The second-order valence-corrected chi connectivity index (χ2v) is 9.43. The lowest BCUT2D eigenvalue weighted by Gasteiger charge is -2.14. The van der Waals surface area contributed by atoms with E-state index in [2.05, 4.69) is 4.72 Å². The summed E-state index contributed by atoms with van der Waals surface area (Å²) in [5, 5.41) is 0. The van der Waals surface area contributed by atoms with Crippen LogP contribution in [0.1, 0.15) is 5.56 Å². The fraction of sp³-hybridized carbons (Fsp3) is 0.0526. The van der Waals surface area contributed by atoms with Crippen molar-refractivity contribution in [3.05, 3.63) is 84.4 Å². The van der Waals surface area contributed by atoms with E-state index < -0.39 is 36.7 Å². The molecule has 0 saturated heterocycles. The number of nitrogens with one attached hydrogen (secondary N) is 2. The number of rotatable bonds is 6. The topological polar surface area (TPSA) is 92.3 Å². The predicted octanol–water partition coefficient (Wildman–Crippen LogP) is 4.31. The molecule has 0 unspecified atom stereocenters. The van der Waals surface area contributed by atoms with Crippen LogP contribution in [0.2, 0.25) is 0 Å². The highest BCUT2D eigenvalue weighted by Gasteiger charge is 2.36. The van der Waals surface area contributed by atoms with Gasteiger partial charge in [-0.1, -0.05) is 30.3 Å². The Balaban J connectivity index is 1.84. The van der Waals surface area contributed by atoms with Crippen molar-refractivity contribution in [2.24, 2.45) is 0 Å². The third-order valence-corrected chi connectivity index (χ3v) is 6.76. The van der Waals surface area contributed by atoms with Crippen molar-refractivity contribution < 1.29 is 30.0 Å². The Morgan fingerprint density at radius 1 is 0.600 bits per heavy atom. The third-order valence-electron chi connectivity index (χ3n) is 3.92. The van der Waals surface area contributed by atoms with Crippen molar-refractivity contribution >= 4 is 31.4 Å². The summed E-state index contributed by atoms with van der Waals surface area (Å²) in [6.45, 7) is 0. The number of hydrogen-bond acceptors (Lipinski definition) is 4. The molecule has 0 amide bonds. The summed E-state index contributed by atoms with van der Waals surface area (Å²) >= 11 is 0. The largest absolute Gasteiger partial charge is 0.417 e. The smallest absolute Gasteiger partial charge is 0.280 e. The number of hydrogen-bond donors (Lipinski definition) is 2. The summed E-state index contributed by atoms with van der Waals surface area (Å²) in [6, 6.07) is 16.5. The summed E-state index contributed by atoms with van der Waals surface area (Å²) < 4.78 is 93.4. The average molecular weight is 456 g/mol. The van der Waals surface area contributed by atoms with E-state index in [4.69, 9.17) is 0 Å². The lowest BCUT2D eigenvalue weighted by Crippen LogP contribution is -2.19. The molecule has 0 saturated carbocycles. The number of alkyl halides is 3. The lowest BCUT2D eigenvalue weighted by molar-refractivity contribution is -0.139. The highest BCUT2D eigenvalue weighted by molar-refractivity contribution is 7.93. The molecular formula is C19H15F3N2O4S2. The molecule has 0 aliphatic carbocycles. The number of sulfonamides is 2. The number of anilines is 2. The maximum Gasteiger partial charge on any atom is 0.417 e. The molecule has 0 radical (unpaired) electrons. The summed E-state index contributed by atoms with van der Waals surface area (Å²) in [7, 11) is -8.49. The van der Waals surface area contributed by atoms with Crippen LogP contribution in [-0.2, 0) is 26.2 Å². The summed E-state index contributed by atoms with van der Waals surface area (Å²) in [6.07, 6.45) is -4.85. The quantitative estimate of drug-likeness (QED) is 0.578. The van der Waals surface area contributed by atoms with Crippen LogP contribution in [0.4, 0.5) is 24.5 Å². The Labute approximate surface area is 171 Å². The molecule has 6 nitrogen and oxygen atoms in total. The Kier molecular flexibility index (Phi) is 5.77. The van der Waals surface area contributed by atoms with E-state index >= 15 is 0 Å². The monoisotopic (exact) mass is 456 g/mol. The van der Waals surface area contributed by atoms with Crippen molar-refractivity contribution in [3.8, 4) is 0 Å². The summed E-state index contributed by atoms with van der Waals surface area (Å²) in [5.41, 5.74) is -1.06. The van der Waals surface area contributed by atoms with E-state index in [9.17, 15) is 30.0 Å². The maximum absolute atomic E-state index is 13.1. The molecule has 158 valence electrons. The lowest BCUT2D eigenvalue weighted by atomic mass is 10.2. The molecule has 0 aromatic heterocycles. The first-order valence-corrected chi connectivity index (χ1v) is 11.3. The first kappa shape index (κ1) is 21.7. The molecule has 3 aromatic carbocycles. The van der Waals surface area contributed by atoms with E-state index in [0.29, 0.717) is 11.8 Å². The van der Waals surface area contributed by atoms with Crippen LogP contribution < -0.4 is 9.44 Å². The highest BCUT2D eigenvalue weighted by Crippen LogP contribution is 2.34. The first-order valence-electron chi connectivity index (χ1n) is 8.36.